The first-order valence-corrected chi connectivity index (χ1v) is 22.1. The van der Waals surface area contributed by atoms with Crippen molar-refractivity contribution in [3.05, 3.63) is 246 Å². The molecule has 0 bridgehead atoms. The fraction of sp³-hybridized carbons (Fsp3) is 0.115. The number of rotatable bonds is 9. The molecular weight excluding hydrogens is 747 g/mol. The number of benzene rings is 9. The highest BCUT2D eigenvalue weighted by Crippen LogP contribution is 2.51. The SMILES string of the molecule is CC1(C)c2ccccc2-c2cc(N(c3ccc(CCC4Cc5cc(-c6ccccc6)ccc5-c5ccc(-c6ccccc6)cc54)cc3)c3ccc(-c4ccccc4)cc3)ccc21. The number of anilines is 3. The van der Waals surface area contributed by atoms with Gasteiger partial charge in [-0.3, -0.25) is 0 Å². The predicted molar refractivity (Wildman–Crippen MR) is 262 cm³/mol. The number of fused-ring (bicyclic) bond motifs is 6. The van der Waals surface area contributed by atoms with Gasteiger partial charge in [0.15, 0.2) is 0 Å². The Morgan fingerprint density at radius 3 is 1.56 bits per heavy atom. The second-order valence-electron chi connectivity index (χ2n) is 17.7. The van der Waals surface area contributed by atoms with Gasteiger partial charge in [0.1, 0.15) is 0 Å². The molecule has 62 heavy (non-hydrogen) atoms. The van der Waals surface area contributed by atoms with Crippen molar-refractivity contribution in [3.63, 3.8) is 0 Å². The van der Waals surface area contributed by atoms with Gasteiger partial charge >= 0.3 is 0 Å². The van der Waals surface area contributed by atoms with E-state index in [4.69, 9.17) is 0 Å². The van der Waals surface area contributed by atoms with Crippen LogP contribution in [0.5, 0.6) is 0 Å². The Morgan fingerprint density at radius 2 is 0.903 bits per heavy atom. The standard InChI is InChI=1S/C61H49N/c1-61(2)59-21-13-12-20-56(59)58-41-53(34-37-60(58)61)62(52-32-26-46(27-33-52)43-14-6-3-7-15-43)51-30-23-42(24-31-51)22-25-49-39-50-38-47(44-16-8-4-9-17-44)28-35-54(50)55-36-29-48(40-57(49)55)45-18-10-5-11-19-45/h3-21,23-24,26-38,40-41,49H,22,25,39H2,1-2H3. The Hall–Kier alpha value is -7.22. The largest absolute Gasteiger partial charge is 0.310 e. The molecule has 0 aromatic heterocycles. The average Bonchev–Trinajstić information content (AvgIpc) is 3.57. The highest BCUT2D eigenvalue weighted by molar-refractivity contribution is 5.87. The number of aryl methyl sites for hydroxylation is 1. The summed E-state index contributed by atoms with van der Waals surface area (Å²) >= 11 is 0. The van der Waals surface area contributed by atoms with E-state index in [-0.39, 0.29) is 5.41 Å². The minimum absolute atomic E-state index is 0.0392. The van der Waals surface area contributed by atoms with Crippen molar-refractivity contribution in [1.82, 2.24) is 0 Å². The molecule has 11 rings (SSSR count). The predicted octanol–water partition coefficient (Wildman–Crippen LogP) is 16.4. The molecule has 0 spiro atoms. The van der Waals surface area contributed by atoms with Crippen molar-refractivity contribution in [3.8, 4) is 55.6 Å². The van der Waals surface area contributed by atoms with Crippen LogP contribution in [0.3, 0.4) is 0 Å². The maximum atomic E-state index is 2.48. The molecule has 0 amide bonds. The Balaban J connectivity index is 0.924. The molecule has 0 aliphatic heterocycles. The zero-order chi connectivity index (χ0) is 41.6. The summed E-state index contributed by atoms with van der Waals surface area (Å²) in [5.74, 6) is 0.407. The molecular formula is C61H49N. The van der Waals surface area contributed by atoms with Gasteiger partial charge in [-0.05, 0) is 145 Å². The topological polar surface area (TPSA) is 3.24 Å². The lowest BCUT2D eigenvalue weighted by molar-refractivity contribution is 0.616. The Bertz CT molecular complexity index is 3030. The van der Waals surface area contributed by atoms with Gasteiger partial charge < -0.3 is 4.90 Å². The van der Waals surface area contributed by atoms with Crippen LogP contribution in [0.1, 0.15) is 54.0 Å². The lowest BCUT2D eigenvalue weighted by atomic mass is 9.75. The molecule has 9 aromatic rings. The summed E-state index contributed by atoms with van der Waals surface area (Å²) in [5.41, 5.74) is 23.5. The summed E-state index contributed by atoms with van der Waals surface area (Å²) in [6.45, 7) is 4.70. The average molecular weight is 796 g/mol. The highest BCUT2D eigenvalue weighted by atomic mass is 15.1. The summed E-state index contributed by atoms with van der Waals surface area (Å²) in [7, 11) is 0. The minimum Gasteiger partial charge on any atom is -0.310 e. The zero-order valence-corrected chi connectivity index (χ0v) is 35.4. The van der Waals surface area contributed by atoms with Gasteiger partial charge in [0.05, 0.1) is 0 Å². The fourth-order valence-electron chi connectivity index (χ4n) is 10.3. The van der Waals surface area contributed by atoms with Crippen LogP contribution in [0, 0.1) is 0 Å². The molecule has 0 saturated carbocycles. The first-order chi connectivity index (χ1) is 30.5. The molecule has 0 N–H and O–H groups in total. The van der Waals surface area contributed by atoms with E-state index in [1.165, 1.54) is 83.5 Å². The number of hydrogen-bond donors (Lipinski definition) is 0. The van der Waals surface area contributed by atoms with Crippen molar-refractivity contribution < 1.29 is 0 Å². The third kappa shape index (κ3) is 6.85. The van der Waals surface area contributed by atoms with Crippen LogP contribution in [-0.2, 0) is 18.3 Å². The molecule has 298 valence electrons. The highest BCUT2D eigenvalue weighted by Gasteiger charge is 2.35. The molecule has 2 aliphatic rings. The first-order valence-electron chi connectivity index (χ1n) is 22.1. The van der Waals surface area contributed by atoms with E-state index in [0.717, 1.165) is 36.3 Å². The van der Waals surface area contributed by atoms with E-state index < -0.39 is 0 Å². The Labute approximate surface area is 366 Å². The van der Waals surface area contributed by atoms with Gasteiger partial charge in [0, 0.05) is 22.5 Å². The normalized spacial score (nSPS) is 14.3. The van der Waals surface area contributed by atoms with E-state index >= 15 is 0 Å². The van der Waals surface area contributed by atoms with Crippen LogP contribution >= 0.6 is 0 Å². The summed E-state index contributed by atoms with van der Waals surface area (Å²) in [6.07, 6.45) is 3.11. The van der Waals surface area contributed by atoms with Gasteiger partial charge in [-0.2, -0.15) is 0 Å². The number of nitrogens with zero attached hydrogens (tertiary/aromatic N) is 1. The van der Waals surface area contributed by atoms with Gasteiger partial charge in [0.2, 0.25) is 0 Å². The molecule has 0 radical (unpaired) electrons. The van der Waals surface area contributed by atoms with Crippen LogP contribution in [0.25, 0.3) is 55.6 Å². The maximum Gasteiger partial charge on any atom is 0.0468 e. The van der Waals surface area contributed by atoms with Gasteiger partial charge in [-0.1, -0.05) is 196 Å². The summed E-state index contributed by atoms with van der Waals surface area (Å²) in [6, 6.07) is 81.0. The van der Waals surface area contributed by atoms with Gasteiger partial charge in [-0.15, -0.1) is 0 Å². The molecule has 0 heterocycles. The Morgan fingerprint density at radius 1 is 0.403 bits per heavy atom. The molecule has 1 nitrogen and oxygen atoms in total. The van der Waals surface area contributed by atoms with E-state index in [2.05, 4.69) is 237 Å². The molecule has 1 unspecified atom stereocenters. The van der Waals surface area contributed by atoms with Crippen molar-refractivity contribution >= 4 is 17.1 Å². The molecule has 0 fully saturated rings. The third-order valence-electron chi connectivity index (χ3n) is 13.6. The van der Waals surface area contributed by atoms with Crippen molar-refractivity contribution in [2.45, 2.75) is 44.4 Å². The third-order valence-corrected chi connectivity index (χ3v) is 13.6. The second kappa shape index (κ2) is 15.7. The summed E-state index contributed by atoms with van der Waals surface area (Å²) in [5, 5.41) is 0. The molecule has 9 aromatic carbocycles. The van der Waals surface area contributed by atoms with Crippen molar-refractivity contribution in [1.29, 1.82) is 0 Å². The second-order valence-corrected chi connectivity index (χ2v) is 17.7. The van der Waals surface area contributed by atoms with Crippen LogP contribution in [-0.4, -0.2) is 0 Å². The van der Waals surface area contributed by atoms with E-state index in [9.17, 15) is 0 Å². The van der Waals surface area contributed by atoms with E-state index in [0.29, 0.717) is 5.92 Å². The quantitative estimate of drug-likeness (QED) is 0.141. The summed E-state index contributed by atoms with van der Waals surface area (Å²) in [4.78, 5) is 2.43. The fourth-order valence-corrected chi connectivity index (χ4v) is 10.3. The van der Waals surface area contributed by atoms with Crippen LogP contribution in [0.4, 0.5) is 17.1 Å². The lowest BCUT2D eigenvalue weighted by Gasteiger charge is -2.29. The number of hydrogen-bond acceptors (Lipinski definition) is 1. The molecule has 1 heteroatoms. The summed E-state index contributed by atoms with van der Waals surface area (Å²) < 4.78 is 0. The lowest BCUT2D eigenvalue weighted by Crippen LogP contribution is -2.15. The van der Waals surface area contributed by atoms with Crippen molar-refractivity contribution in [2.24, 2.45) is 0 Å². The van der Waals surface area contributed by atoms with Gasteiger partial charge in [-0.25, -0.2) is 0 Å². The van der Waals surface area contributed by atoms with Crippen LogP contribution in [0.15, 0.2) is 218 Å². The van der Waals surface area contributed by atoms with Gasteiger partial charge in [0.25, 0.3) is 0 Å². The first kappa shape index (κ1) is 37.8. The zero-order valence-electron chi connectivity index (χ0n) is 35.4. The molecule has 2 aliphatic carbocycles. The Kier molecular flexibility index (Phi) is 9.54. The molecule has 1 atom stereocenters. The molecule has 0 saturated heterocycles. The van der Waals surface area contributed by atoms with Crippen molar-refractivity contribution in [2.75, 3.05) is 4.90 Å². The smallest absolute Gasteiger partial charge is 0.0468 e. The monoisotopic (exact) mass is 795 g/mol. The van der Waals surface area contributed by atoms with E-state index in [1.807, 2.05) is 0 Å². The van der Waals surface area contributed by atoms with Crippen LogP contribution in [0.2, 0.25) is 0 Å². The minimum atomic E-state index is -0.0392. The van der Waals surface area contributed by atoms with E-state index in [1.54, 1.807) is 0 Å². The van der Waals surface area contributed by atoms with Crippen LogP contribution < -0.4 is 4.90 Å². The maximum absolute atomic E-state index is 2.48.